The smallest absolute Gasteiger partial charge is 0.273 e. The number of oxazole rings is 1. The quantitative estimate of drug-likeness (QED) is 0.625. The lowest BCUT2D eigenvalue weighted by Gasteiger charge is -2.26. The maximum atomic E-state index is 12.4. The third-order valence-electron chi connectivity index (χ3n) is 5.06. The predicted molar refractivity (Wildman–Crippen MR) is 117 cm³/mol. The summed E-state index contributed by atoms with van der Waals surface area (Å²) < 4.78 is 10.9. The summed E-state index contributed by atoms with van der Waals surface area (Å²) in [7, 11) is 0. The number of carbonyl (C=O) groups excluding carboxylic acids is 1. The summed E-state index contributed by atoms with van der Waals surface area (Å²) in [5.41, 5.74) is 1.27. The molecule has 164 valence electrons. The zero-order valence-corrected chi connectivity index (χ0v) is 18.9. The maximum absolute atomic E-state index is 12.4. The maximum Gasteiger partial charge on any atom is 0.273 e. The van der Waals surface area contributed by atoms with Gasteiger partial charge in [0.15, 0.2) is 5.69 Å². The fourth-order valence-electron chi connectivity index (χ4n) is 3.19. The summed E-state index contributed by atoms with van der Waals surface area (Å²) in [5, 5.41) is 4.13. The van der Waals surface area contributed by atoms with Gasteiger partial charge in [-0.25, -0.2) is 4.98 Å². The van der Waals surface area contributed by atoms with E-state index in [0.29, 0.717) is 41.3 Å². The number of amides is 1. The Morgan fingerprint density at radius 2 is 2.03 bits per heavy atom. The number of morpholine rings is 1. The number of hydrogen-bond acceptors (Lipinski definition) is 6. The van der Waals surface area contributed by atoms with Crippen LogP contribution in [0.1, 0.15) is 35.8 Å². The Kier molecular flexibility index (Phi) is 8.53. The van der Waals surface area contributed by atoms with Crippen molar-refractivity contribution < 1.29 is 13.9 Å². The number of hydrogen-bond donors (Lipinski definition) is 1. The highest BCUT2D eigenvalue weighted by molar-refractivity contribution is 6.35. The molecule has 0 aliphatic carbocycles. The van der Waals surface area contributed by atoms with Crippen molar-refractivity contribution in [1.82, 2.24) is 20.1 Å². The average Bonchev–Trinajstić information content (AvgIpc) is 3.19. The van der Waals surface area contributed by atoms with Crippen molar-refractivity contribution >= 4 is 29.1 Å². The van der Waals surface area contributed by atoms with Crippen LogP contribution in [0.25, 0.3) is 0 Å². The average molecular weight is 455 g/mol. The van der Waals surface area contributed by atoms with E-state index < -0.39 is 0 Å². The van der Waals surface area contributed by atoms with Gasteiger partial charge in [-0.2, -0.15) is 0 Å². The molecule has 0 saturated carbocycles. The first-order valence-corrected chi connectivity index (χ1v) is 10.9. The van der Waals surface area contributed by atoms with Gasteiger partial charge in [0.25, 0.3) is 5.91 Å². The molecule has 0 unspecified atom stereocenters. The van der Waals surface area contributed by atoms with Crippen molar-refractivity contribution in [3.63, 3.8) is 0 Å². The summed E-state index contributed by atoms with van der Waals surface area (Å²) in [6.07, 6.45) is 1.41. The predicted octanol–water partition coefficient (Wildman–Crippen LogP) is 3.45. The first-order valence-electron chi connectivity index (χ1n) is 10.1. The molecular formula is C21H28Cl2N4O3. The highest BCUT2D eigenvalue weighted by atomic mass is 35.5. The van der Waals surface area contributed by atoms with Crippen molar-refractivity contribution in [2.24, 2.45) is 0 Å². The summed E-state index contributed by atoms with van der Waals surface area (Å²) in [6, 6.07) is 5.71. The molecule has 2 aromatic rings. The van der Waals surface area contributed by atoms with Crippen LogP contribution in [0.3, 0.4) is 0 Å². The van der Waals surface area contributed by atoms with E-state index in [1.54, 1.807) is 6.07 Å². The van der Waals surface area contributed by atoms with Crippen LogP contribution < -0.4 is 5.32 Å². The van der Waals surface area contributed by atoms with E-state index in [9.17, 15) is 4.79 Å². The van der Waals surface area contributed by atoms with Gasteiger partial charge >= 0.3 is 0 Å². The first kappa shape index (κ1) is 23.0. The summed E-state index contributed by atoms with van der Waals surface area (Å²) >= 11 is 12.3. The van der Waals surface area contributed by atoms with E-state index in [1.165, 1.54) is 6.26 Å². The molecular weight excluding hydrogens is 427 g/mol. The standard InChI is InChI=1S/C21H28Cl2N4O3/c1-15(2)27(12-16-3-4-17(22)11-18(16)23)13-20-25-19(14-30-20)21(28)24-5-6-26-7-9-29-10-8-26/h3-4,11,14-15H,5-10,12-13H2,1-2H3,(H,24,28). The van der Waals surface area contributed by atoms with Gasteiger partial charge in [0.05, 0.1) is 19.8 Å². The van der Waals surface area contributed by atoms with Crippen molar-refractivity contribution in [3.8, 4) is 0 Å². The van der Waals surface area contributed by atoms with Crippen molar-refractivity contribution in [2.45, 2.75) is 33.0 Å². The number of halogens is 2. The van der Waals surface area contributed by atoms with Crippen molar-refractivity contribution in [3.05, 3.63) is 51.7 Å². The van der Waals surface area contributed by atoms with Gasteiger partial charge in [-0.3, -0.25) is 14.6 Å². The molecule has 0 radical (unpaired) electrons. The van der Waals surface area contributed by atoms with Gasteiger partial charge in [0.2, 0.25) is 5.89 Å². The third kappa shape index (κ3) is 6.68. The molecule has 1 N–H and O–H groups in total. The second kappa shape index (κ2) is 11.1. The van der Waals surface area contributed by atoms with E-state index >= 15 is 0 Å². The van der Waals surface area contributed by atoms with E-state index in [4.69, 9.17) is 32.4 Å². The highest BCUT2D eigenvalue weighted by Crippen LogP contribution is 2.23. The zero-order chi connectivity index (χ0) is 21.5. The number of ether oxygens (including phenoxy) is 1. The lowest BCUT2D eigenvalue weighted by molar-refractivity contribution is 0.0383. The normalized spacial score (nSPS) is 15.1. The van der Waals surface area contributed by atoms with Gasteiger partial charge < -0.3 is 14.5 Å². The molecule has 0 bridgehead atoms. The SMILES string of the molecule is CC(C)N(Cc1nc(C(=O)NCCN2CCOCC2)co1)Cc1ccc(Cl)cc1Cl. The van der Waals surface area contributed by atoms with Crippen LogP contribution in [-0.2, 0) is 17.8 Å². The molecule has 9 heteroatoms. The summed E-state index contributed by atoms with van der Waals surface area (Å²) in [6.45, 7) is 9.91. The van der Waals surface area contributed by atoms with E-state index in [-0.39, 0.29) is 11.9 Å². The Bertz CT molecular complexity index is 837. The van der Waals surface area contributed by atoms with Crippen molar-refractivity contribution in [2.75, 3.05) is 39.4 Å². The largest absolute Gasteiger partial charge is 0.447 e. The van der Waals surface area contributed by atoms with Crippen LogP contribution in [0.15, 0.2) is 28.9 Å². The summed E-state index contributed by atoms with van der Waals surface area (Å²) in [4.78, 5) is 21.2. The molecule has 1 aromatic carbocycles. The molecule has 1 aliphatic heterocycles. The second-order valence-corrected chi connectivity index (χ2v) is 8.41. The van der Waals surface area contributed by atoms with Gasteiger partial charge in [0.1, 0.15) is 6.26 Å². The van der Waals surface area contributed by atoms with Crippen LogP contribution in [0, 0.1) is 0 Å². The van der Waals surface area contributed by atoms with E-state index in [1.807, 2.05) is 12.1 Å². The number of aromatic nitrogens is 1. The van der Waals surface area contributed by atoms with Crippen LogP contribution in [0.4, 0.5) is 0 Å². The fourth-order valence-corrected chi connectivity index (χ4v) is 3.66. The number of nitrogens with zero attached hydrogens (tertiary/aromatic N) is 3. The number of benzene rings is 1. The molecule has 0 atom stereocenters. The van der Waals surface area contributed by atoms with E-state index in [2.05, 4.69) is 33.9 Å². The molecule has 1 fully saturated rings. The van der Waals surface area contributed by atoms with Crippen LogP contribution in [0.2, 0.25) is 10.0 Å². The van der Waals surface area contributed by atoms with Crippen molar-refractivity contribution in [1.29, 1.82) is 0 Å². The topological polar surface area (TPSA) is 70.8 Å². The Labute approximate surface area is 187 Å². The Hall–Kier alpha value is -1.64. The Morgan fingerprint density at radius 3 is 2.73 bits per heavy atom. The monoisotopic (exact) mass is 454 g/mol. The molecule has 1 saturated heterocycles. The summed E-state index contributed by atoms with van der Waals surface area (Å²) in [5.74, 6) is 0.266. The van der Waals surface area contributed by atoms with Crippen LogP contribution >= 0.6 is 23.2 Å². The van der Waals surface area contributed by atoms with Gasteiger partial charge in [-0.05, 0) is 31.5 Å². The zero-order valence-electron chi connectivity index (χ0n) is 17.4. The first-order chi connectivity index (χ1) is 14.4. The minimum Gasteiger partial charge on any atom is -0.447 e. The number of nitrogens with one attached hydrogen (secondary N) is 1. The Morgan fingerprint density at radius 1 is 1.27 bits per heavy atom. The molecule has 1 aromatic heterocycles. The van der Waals surface area contributed by atoms with Gasteiger partial charge in [-0.15, -0.1) is 0 Å². The second-order valence-electron chi connectivity index (χ2n) is 7.57. The van der Waals surface area contributed by atoms with E-state index in [0.717, 1.165) is 38.4 Å². The third-order valence-corrected chi connectivity index (χ3v) is 5.65. The number of carbonyl (C=O) groups is 1. The molecule has 2 heterocycles. The minimum atomic E-state index is -0.227. The fraction of sp³-hybridized carbons (Fsp3) is 0.524. The minimum absolute atomic E-state index is 0.227. The molecule has 1 amide bonds. The van der Waals surface area contributed by atoms with Gasteiger partial charge in [0, 0.05) is 48.8 Å². The Balaban J connectivity index is 1.53. The molecule has 7 nitrogen and oxygen atoms in total. The molecule has 3 rings (SSSR count). The lowest BCUT2D eigenvalue weighted by Crippen LogP contribution is -2.41. The molecule has 30 heavy (non-hydrogen) atoms. The lowest BCUT2D eigenvalue weighted by atomic mass is 10.2. The van der Waals surface area contributed by atoms with Gasteiger partial charge in [-0.1, -0.05) is 29.3 Å². The van der Waals surface area contributed by atoms with Crippen LogP contribution in [0.5, 0.6) is 0 Å². The highest BCUT2D eigenvalue weighted by Gasteiger charge is 2.18. The van der Waals surface area contributed by atoms with Crippen LogP contribution in [-0.4, -0.2) is 66.1 Å². The molecule has 0 spiro atoms. The molecule has 1 aliphatic rings. The number of rotatable bonds is 9.